The van der Waals surface area contributed by atoms with Gasteiger partial charge in [0, 0.05) is 61.4 Å². The van der Waals surface area contributed by atoms with E-state index in [4.69, 9.17) is 59.4 Å². The van der Waals surface area contributed by atoms with Gasteiger partial charge in [-0.25, -0.2) is 0 Å². The molecule has 0 saturated carbocycles. The minimum absolute atomic E-state index is 0. The Hall–Kier alpha value is -0.894. The maximum atomic E-state index is 9.00. The molecule has 0 aliphatic carbocycles. The summed E-state index contributed by atoms with van der Waals surface area (Å²) in [5.41, 5.74) is 0. The van der Waals surface area contributed by atoms with E-state index in [9.17, 15) is 0 Å². The molecule has 0 spiro atoms. The van der Waals surface area contributed by atoms with Gasteiger partial charge in [0.05, 0.1) is 0 Å². The zero-order valence-corrected chi connectivity index (χ0v) is 21.3. The maximum absolute atomic E-state index is 9.00. The van der Waals surface area contributed by atoms with Crippen LogP contribution < -0.4 is 10.2 Å². The Labute approximate surface area is 205 Å². The molecule has 0 unspecified atom stereocenters. The molecule has 0 aromatic rings. The van der Waals surface area contributed by atoms with Crippen LogP contribution in [0, 0.1) is 0 Å². The number of hydrogen-bond acceptors (Lipinski definition) is 8. The number of carboxylic acids is 6. The fraction of sp³-hybridized carbons (Fsp3) is 0.500. The van der Waals surface area contributed by atoms with Gasteiger partial charge in [-0.3, -0.25) is 19.2 Å². The summed E-state index contributed by atoms with van der Waals surface area (Å²) in [4.78, 5) is 53.8. The molecule has 0 heterocycles. The molecular weight excluding hydrogens is 521 g/mol. The molecule has 0 aromatic carbocycles. The Balaban J connectivity index is -0.0000000245. The second kappa shape index (κ2) is 44.0. The average molecular weight is 543 g/mol. The molecule has 14 heteroatoms. The van der Waals surface area contributed by atoms with Crippen LogP contribution in [0.3, 0.4) is 0 Å². The molecule has 0 saturated heterocycles. The molecule has 4 N–H and O–H groups in total. The van der Waals surface area contributed by atoms with Crippen molar-refractivity contribution in [2.45, 2.75) is 41.5 Å². The summed E-state index contributed by atoms with van der Waals surface area (Å²) >= 11 is 0. The Morgan fingerprint density at radius 2 is 0.500 bits per heavy atom. The third-order valence-electron chi connectivity index (χ3n) is 0. The average Bonchev–Trinajstić information content (AvgIpc) is 2.08. The summed E-state index contributed by atoms with van der Waals surface area (Å²) < 4.78 is 0. The summed E-state index contributed by atoms with van der Waals surface area (Å²) in [7, 11) is 0. The third-order valence-corrected chi connectivity index (χ3v) is 0. The summed E-state index contributed by atoms with van der Waals surface area (Å²) in [5, 5.41) is 47.4. The predicted octanol–water partition coefficient (Wildman–Crippen LogP) is -2.51. The van der Waals surface area contributed by atoms with Gasteiger partial charge in [-0.1, -0.05) is 0 Å². The van der Waals surface area contributed by atoms with Gasteiger partial charge < -0.3 is 40.2 Å². The molecule has 12 nitrogen and oxygen atoms in total. The van der Waals surface area contributed by atoms with E-state index in [-0.39, 0.29) is 70.6 Å². The van der Waals surface area contributed by atoms with Crippen LogP contribution in [0.5, 0.6) is 0 Å². The van der Waals surface area contributed by atoms with Gasteiger partial charge in [0.25, 0.3) is 23.9 Å². The summed E-state index contributed by atoms with van der Waals surface area (Å²) in [5.74, 6) is -5.50. The Bertz CT molecular complexity index is 267. The van der Waals surface area contributed by atoms with Crippen LogP contribution >= 0.6 is 0 Å². The van der Waals surface area contributed by atoms with E-state index in [1.807, 2.05) is 0 Å². The van der Waals surface area contributed by atoms with Crippen LogP contribution in [0.25, 0.3) is 0 Å². The van der Waals surface area contributed by atoms with Crippen LogP contribution in [0.2, 0.25) is 0 Å². The van der Waals surface area contributed by atoms with E-state index in [2.05, 4.69) is 0 Å². The molecule has 0 aromatic heterocycles. The van der Waals surface area contributed by atoms with Crippen molar-refractivity contribution in [3.63, 3.8) is 0 Å². The van der Waals surface area contributed by atoms with Gasteiger partial charge in [0.1, 0.15) is 0 Å². The molecule has 0 amide bonds. The normalized spacial score (nSPS) is 5.77. The molecule has 0 aliphatic heterocycles. The minimum atomic E-state index is -1.08. The van der Waals surface area contributed by atoms with Gasteiger partial charge in [-0.2, -0.15) is 0 Å². The fourth-order valence-corrected chi connectivity index (χ4v) is 0. The Morgan fingerprint density at radius 1 is 0.500 bits per heavy atom. The molecule has 0 fully saturated rings. The van der Waals surface area contributed by atoms with E-state index in [0.29, 0.717) is 0 Å². The second-order valence-electron chi connectivity index (χ2n) is 3.06. The van der Waals surface area contributed by atoms with Crippen LogP contribution in [-0.4, -0.2) is 105 Å². The number of carboxylic acid groups (broad SMARTS) is 6. The van der Waals surface area contributed by atoms with Gasteiger partial charge in [0.2, 0.25) is 0 Å². The molecule has 26 heavy (non-hydrogen) atoms. The van der Waals surface area contributed by atoms with Crippen LogP contribution in [0.1, 0.15) is 41.5 Å². The summed E-state index contributed by atoms with van der Waals surface area (Å²) in [6, 6.07) is 0. The van der Waals surface area contributed by atoms with Crippen molar-refractivity contribution in [2.24, 2.45) is 0 Å². The number of aliphatic carboxylic acids is 6. The number of carbonyl (C=O) groups is 6. The van der Waals surface area contributed by atoms with Crippen molar-refractivity contribution in [2.75, 3.05) is 0 Å². The molecule has 148 valence electrons. The first-order valence-corrected chi connectivity index (χ1v) is 5.53. The van der Waals surface area contributed by atoms with E-state index in [0.717, 1.165) is 41.5 Å². The molecule has 0 atom stereocenters. The van der Waals surface area contributed by atoms with E-state index < -0.39 is 35.8 Å². The fourth-order valence-electron chi connectivity index (χ4n) is 0. The quantitative estimate of drug-likeness (QED) is 0.232. The van der Waals surface area contributed by atoms with Crippen molar-refractivity contribution < 1.29 is 81.1 Å². The topological polar surface area (TPSA) is 229 Å². The Kier molecular flexibility index (Phi) is 84.3. The standard InChI is InChI=1S/6C2H4O2.Ba.Ti/c6*1-2(3)4;;/h6*1H3,(H,3,4);;/q;;;;;;+2;/p-2. The molecule has 0 bridgehead atoms. The van der Waals surface area contributed by atoms with Crippen molar-refractivity contribution >= 4 is 84.7 Å². The molecule has 0 rings (SSSR count). The number of rotatable bonds is 0. The monoisotopic (exact) mass is 544 g/mol. The SMILES string of the molecule is CC(=O)O.CC(=O)O.CC(=O)O.CC(=O)O.CC(=O)[O-].CC(=O)[O-].[Ba+2].[Ti]. The second-order valence-corrected chi connectivity index (χ2v) is 3.06. The first-order valence-electron chi connectivity index (χ1n) is 5.53. The van der Waals surface area contributed by atoms with Crippen molar-refractivity contribution in [1.29, 1.82) is 0 Å². The first-order chi connectivity index (χ1) is 10.4. The van der Waals surface area contributed by atoms with Crippen LogP contribution in [-0.2, 0) is 50.5 Å². The Morgan fingerprint density at radius 3 is 0.500 bits per heavy atom. The van der Waals surface area contributed by atoms with Gasteiger partial charge >= 0.3 is 48.9 Å². The largest absolute Gasteiger partial charge is 2.00 e. The summed E-state index contributed by atoms with van der Waals surface area (Å²) in [6.07, 6.45) is 0. The van der Waals surface area contributed by atoms with E-state index in [1.54, 1.807) is 0 Å². The van der Waals surface area contributed by atoms with Crippen LogP contribution in [0.15, 0.2) is 0 Å². The van der Waals surface area contributed by atoms with Crippen molar-refractivity contribution in [1.82, 2.24) is 0 Å². The van der Waals surface area contributed by atoms with E-state index in [1.165, 1.54) is 0 Å². The smallest absolute Gasteiger partial charge is 0.550 e. The third kappa shape index (κ3) is 14100. The van der Waals surface area contributed by atoms with Gasteiger partial charge in [-0.05, 0) is 13.8 Å². The zero-order chi connectivity index (χ0) is 21.5. The van der Waals surface area contributed by atoms with Gasteiger partial charge in [0.15, 0.2) is 0 Å². The maximum Gasteiger partial charge on any atom is 2.00 e. The van der Waals surface area contributed by atoms with Crippen molar-refractivity contribution in [3.05, 3.63) is 0 Å². The summed E-state index contributed by atoms with van der Waals surface area (Å²) in [6.45, 7) is 6.28. The number of hydrogen-bond donors (Lipinski definition) is 4. The van der Waals surface area contributed by atoms with Gasteiger partial charge in [-0.15, -0.1) is 0 Å². The predicted molar refractivity (Wildman–Crippen MR) is 80.4 cm³/mol. The van der Waals surface area contributed by atoms with Crippen molar-refractivity contribution in [3.8, 4) is 0 Å². The first kappa shape index (κ1) is 49.9. The van der Waals surface area contributed by atoms with E-state index >= 15 is 0 Å². The molecule has 0 aliphatic rings. The van der Waals surface area contributed by atoms with Crippen LogP contribution in [0.4, 0.5) is 0 Å². The minimum Gasteiger partial charge on any atom is -0.550 e. The zero-order valence-electron chi connectivity index (χ0n) is 15.3. The molecule has 0 radical (unpaired) electrons. The molecular formula is C12H22BaO12Ti. The number of carbonyl (C=O) groups excluding carboxylic acids is 2.